The molecule has 0 aliphatic carbocycles. The van der Waals surface area contributed by atoms with E-state index in [1.807, 2.05) is 24.3 Å². The van der Waals surface area contributed by atoms with Gasteiger partial charge in [0, 0.05) is 25.5 Å². The number of amides is 2. The van der Waals surface area contributed by atoms with Crippen molar-refractivity contribution in [3.63, 3.8) is 0 Å². The van der Waals surface area contributed by atoms with Crippen LogP contribution in [0.5, 0.6) is 0 Å². The first kappa shape index (κ1) is 16.2. The predicted octanol–water partition coefficient (Wildman–Crippen LogP) is 0.591. The number of benzene rings is 1. The summed E-state index contributed by atoms with van der Waals surface area (Å²) in [4.78, 5) is 31.4. The van der Waals surface area contributed by atoms with Gasteiger partial charge in [-0.1, -0.05) is 18.2 Å². The second kappa shape index (κ2) is 6.25. The molecule has 0 spiro atoms. The Morgan fingerprint density at radius 1 is 1.19 bits per heavy atom. The maximum atomic E-state index is 13.0. The van der Waals surface area contributed by atoms with Crippen molar-refractivity contribution in [1.29, 1.82) is 0 Å². The Morgan fingerprint density at radius 2 is 2.00 bits per heavy atom. The molecule has 2 unspecified atom stereocenters. The number of fused-ring (bicyclic) bond motifs is 1. The van der Waals surface area contributed by atoms with Crippen LogP contribution in [-0.4, -0.2) is 62.2 Å². The van der Waals surface area contributed by atoms with E-state index in [1.165, 1.54) is 0 Å². The number of hydrogen-bond acceptors (Lipinski definition) is 5. The molecule has 3 heterocycles. The number of aryl methyl sites for hydroxylation is 1. The molecule has 9 heteroatoms. The SMILES string of the molecule is CNC(=O)C1CN(C(=O)c2n[nH]c3ccccc23)CC1c1n[nH]c(C)n1. The molecular weight excluding hydrogens is 334 g/mol. The van der Waals surface area contributed by atoms with E-state index in [0.717, 1.165) is 10.9 Å². The molecule has 134 valence electrons. The number of nitrogens with zero attached hydrogens (tertiary/aromatic N) is 4. The smallest absolute Gasteiger partial charge is 0.275 e. The van der Waals surface area contributed by atoms with Crippen molar-refractivity contribution < 1.29 is 9.59 Å². The molecule has 1 aliphatic heterocycles. The summed E-state index contributed by atoms with van der Waals surface area (Å²) in [5.41, 5.74) is 1.17. The second-order valence-corrected chi connectivity index (χ2v) is 6.43. The van der Waals surface area contributed by atoms with E-state index in [9.17, 15) is 9.59 Å². The summed E-state index contributed by atoms with van der Waals surface area (Å²) in [7, 11) is 1.59. The van der Waals surface area contributed by atoms with Crippen molar-refractivity contribution in [1.82, 2.24) is 35.6 Å². The van der Waals surface area contributed by atoms with Crippen molar-refractivity contribution in [2.24, 2.45) is 5.92 Å². The van der Waals surface area contributed by atoms with Crippen LogP contribution in [0.2, 0.25) is 0 Å². The largest absolute Gasteiger partial charge is 0.359 e. The molecular formula is C17H19N7O2. The fraction of sp³-hybridized carbons (Fsp3) is 0.353. The lowest BCUT2D eigenvalue weighted by atomic mass is 9.94. The van der Waals surface area contributed by atoms with E-state index in [2.05, 4.69) is 30.7 Å². The monoisotopic (exact) mass is 353 g/mol. The first-order chi connectivity index (χ1) is 12.6. The van der Waals surface area contributed by atoms with Crippen molar-refractivity contribution >= 4 is 22.7 Å². The zero-order valence-corrected chi connectivity index (χ0v) is 14.5. The first-order valence-corrected chi connectivity index (χ1v) is 8.41. The summed E-state index contributed by atoms with van der Waals surface area (Å²) in [6.45, 7) is 2.48. The predicted molar refractivity (Wildman–Crippen MR) is 93.4 cm³/mol. The van der Waals surface area contributed by atoms with Gasteiger partial charge >= 0.3 is 0 Å². The van der Waals surface area contributed by atoms with Crippen molar-refractivity contribution in [2.45, 2.75) is 12.8 Å². The molecule has 26 heavy (non-hydrogen) atoms. The molecule has 1 aromatic carbocycles. The topological polar surface area (TPSA) is 120 Å². The van der Waals surface area contributed by atoms with Crippen LogP contribution in [0.4, 0.5) is 0 Å². The van der Waals surface area contributed by atoms with E-state index in [0.29, 0.717) is 30.4 Å². The Labute approximate surface area is 149 Å². The Kier molecular flexibility index (Phi) is 3.90. The molecule has 0 bridgehead atoms. The van der Waals surface area contributed by atoms with Gasteiger partial charge in [-0.3, -0.25) is 19.8 Å². The lowest BCUT2D eigenvalue weighted by molar-refractivity contribution is -0.124. The second-order valence-electron chi connectivity index (χ2n) is 6.43. The van der Waals surface area contributed by atoms with Crippen LogP contribution in [0.3, 0.4) is 0 Å². The van der Waals surface area contributed by atoms with E-state index < -0.39 is 5.92 Å². The quantitative estimate of drug-likeness (QED) is 0.637. The normalized spacial score (nSPS) is 19.8. The van der Waals surface area contributed by atoms with Gasteiger partial charge in [0.15, 0.2) is 11.5 Å². The number of nitrogens with one attached hydrogen (secondary N) is 3. The molecule has 2 atom stereocenters. The van der Waals surface area contributed by atoms with Gasteiger partial charge in [-0.05, 0) is 13.0 Å². The molecule has 4 rings (SSSR count). The minimum atomic E-state index is -0.399. The fourth-order valence-electron chi connectivity index (χ4n) is 3.48. The number of aromatic nitrogens is 5. The molecule has 1 saturated heterocycles. The highest BCUT2D eigenvalue weighted by Gasteiger charge is 2.42. The van der Waals surface area contributed by atoms with Crippen molar-refractivity contribution in [2.75, 3.05) is 20.1 Å². The molecule has 2 aromatic heterocycles. The van der Waals surface area contributed by atoms with Gasteiger partial charge in [0.2, 0.25) is 5.91 Å². The van der Waals surface area contributed by atoms with Gasteiger partial charge < -0.3 is 10.2 Å². The summed E-state index contributed by atoms with van der Waals surface area (Å²) in [6, 6.07) is 7.48. The molecule has 3 N–H and O–H groups in total. The van der Waals surface area contributed by atoms with Crippen molar-refractivity contribution in [3.8, 4) is 0 Å². The standard InChI is InChI=1S/C17H19N7O2/c1-9-19-15(23-20-9)11-7-24(8-12(11)16(25)18-2)17(26)14-10-5-3-4-6-13(10)21-22-14/h3-6,11-12H,7-8H2,1-2H3,(H,18,25)(H,21,22)(H,19,20,23). The van der Waals surface area contributed by atoms with E-state index in [4.69, 9.17) is 0 Å². The van der Waals surface area contributed by atoms with Crippen LogP contribution < -0.4 is 5.32 Å². The Balaban J connectivity index is 1.65. The third-order valence-corrected chi connectivity index (χ3v) is 4.81. The van der Waals surface area contributed by atoms with Gasteiger partial charge in [-0.15, -0.1) is 0 Å². The number of H-pyrrole nitrogens is 2. The first-order valence-electron chi connectivity index (χ1n) is 8.41. The van der Waals surface area contributed by atoms with Crippen LogP contribution in [0, 0.1) is 12.8 Å². The highest BCUT2D eigenvalue weighted by molar-refractivity contribution is 6.05. The van der Waals surface area contributed by atoms with Crippen LogP contribution in [0.25, 0.3) is 10.9 Å². The molecule has 2 amide bonds. The zero-order chi connectivity index (χ0) is 18.3. The van der Waals surface area contributed by atoms with Crippen molar-refractivity contribution in [3.05, 3.63) is 41.6 Å². The zero-order valence-electron chi connectivity index (χ0n) is 14.5. The maximum Gasteiger partial charge on any atom is 0.275 e. The minimum Gasteiger partial charge on any atom is -0.359 e. The Hall–Kier alpha value is -3.23. The van der Waals surface area contributed by atoms with Gasteiger partial charge in [0.05, 0.1) is 17.4 Å². The number of likely N-dealkylation sites (tertiary alicyclic amines) is 1. The lowest BCUT2D eigenvalue weighted by Crippen LogP contribution is -2.34. The third-order valence-electron chi connectivity index (χ3n) is 4.81. The lowest BCUT2D eigenvalue weighted by Gasteiger charge is -2.14. The molecule has 9 nitrogen and oxygen atoms in total. The highest BCUT2D eigenvalue weighted by Crippen LogP contribution is 2.32. The summed E-state index contributed by atoms with van der Waals surface area (Å²) in [5, 5.41) is 17.5. The van der Waals surface area contributed by atoms with Gasteiger partial charge in [0.25, 0.3) is 5.91 Å². The molecule has 1 aliphatic rings. The number of hydrogen-bond donors (Lipinski definition) is 3. The molecule has 0 saturated carbocycles. The third kappa shape index (κ3) is 2.61. The van der Waals surface area contributed by atoms with E-state index >= 15 is 0 Å². The molecule has 0 radical (unpaired) electrons. The number of para-hydroxylation sites is 1. The van der Waals surface area contributed by atoms with E-state index in [-0.39, 0.29) is 17.7 Å². The fourth-order valence-corrected chi connectivity index (χ4v) is 3.48. The minimum absolute atomic E-state index is 0.125. The average Bonchev–Trinajstić information content (AvgIpc) is 3.37. The highest BCUT2D eigenvalue weighted by atomic mass is 16.2. The summed E-state index contributed by atoms with van der Waals surface area (Å²) < 4.78 is 0. The molecule has 1 fully saturated rings. The van der Waals surface area contributed by atoms with Crippen LogP contribution in [0.15, 0.2) is 24.3 Å². The summed E-state index contributed by atoms with van der Waals surface area (Å²) >= 11 is 0. The summed E-state index contributed by atoms with van der Waals surface area (Å²) in [5.74, 6) is 0.251. The van der Waals surface area contributed by atoms with Crippen LogP contribution in [0.1, 0.15) is 28.1 Å². The summed E-state index contributed by atoms with van der Waals surface area (Å²) in [6.07, 6.45) is 0. The Morgan fingerprint density at radius 3 is 2.73 bits per heavy atom. The van der Waals surface area contributed by atoms with Gasteiger partial charge in [0.1, 0.15) is 5.82 Å². The van der Waals surface area contributed by atoms with E-state index in [1.54, 1.807) is 18.9 Å². The van der Waals surface area contributed by atoms with Gasteiger partial charge in [-0.2, -0.15) is 10.2 Å². The van der Waals surface area contributed by atoms with Crippen LogP contribution in [-0.2, 0) is 4.79 Å². The number of rotatable bonds is 3. The van der Waals surface area contributed by atoms with Crippen LogP contribution >= 0.6 is 0 Å². The Bertz CT molecular complexity index is 976. The molecule has 3 aromatic rings. The maximum absolute atomic E-state index is 13.0. The van der Waals surface area contributed by atoms with Gasteiger partial charge in [-0.25, -0.2) is 4.98 Å². The number of carbonyl (C=O) groups excluding carboxylic acids is 2. The average molecular weight is 353 g/mol. The number of aromatic amines is 2. The number of carbonyl (C=O) groups is 2.